The van der Waals surface area contributed by atoms with E-state index in [1.165, 1.54) is 0 Å². The van der Waals surface area contributed by atoms with Gasteiger partial charge in [0.05, 0.1) is 6.61 Å². The van der Waals surface area contributed by atoms with Crippen molar-refractivity contribution in [1.82, 2.24) is 5.32 Å². The second-order valence-electron chi connectivity index (χ2n) is 11.5. The Balaban J connectivity index is 1.61. The standard InChI is InChI=1S/C35H44ClNO5S/c1-6-35(22-20-32(38)40-7-2,37-33(39)42-34(3,4)5)21-12-15-27-18-19-30(24-31(27)36)43-29-17-11-16-28(23-29)41-25-26-13-9-8-10-14-26/h8-11,13-14,16-19,23-24H,6-7,12,15,20-22,25H2,1-5H3,(H,37,39). The molecule has 0 spiro atoms. The van der Waals surface area contributed by atoms with Crippen molar-refractivity contribution in [2.75, 3.05) is 6.61 Å². The van der Waals surface area contributed by atoms with Crippen LogP contribution in [0.4, 0.5) is 4.79 Å². The normalized spacial score (nSPS) is 12.7. The van der Waals surface area contributed by atoms with Gasteiger partial charge in [-0.25, -0.2) is 4.79 Å². The first-order chi connectivity index (χ1) is 20.5. The van der Waals surface area contributed by atoms with Gasteiger partial charge in [-0.2, -0.15) is 0 Å². The topological polar surface area (TPSA) is 73.9 Å². The van der Waals surface area contributed by atoms with E-state index in [0.717, 1.165) is 39.5 Å². The summed E-state index contributed by atoms with van der Waals surface area (Å²) in [6.07, 6.45) is 3.06. The second-order valence-corrected chi connectivity index (χ2v) is 13.1. The summed E-state index contributed by atoms with van der Waals surface area (Å²) >= 11 is 8.37. The molecule has 3 aromatic rings. The molecule has 0 aliphatic heterocycles. The highest BCUT2D eigenvalue weighted by Crippen LogP contribution is 2.34. The van der Waals surface area contributed by atoms with E-state index in [1.54, 1.807) is 18.7 Å². The van der Waals surface area contributed by atoms with Gasteiger partial charge in [-0.15, -0.1) is 0 Å². The van der Waals surface area contributed by atoms with Gasteiger partial charge >= 0.3 is 12.1 Å². The van der Waals surface area contributed by atoms with E-state index in [2.05, 4.69) is 23.5 Å². The maximum atomic E-state index is 12.7. The van der Waals surface area contributed by atoms with Crippen LogP contribution >= 0.6 is 23.4 Å². The molecule has 6 nitrogen and oxygen atoms in total. The lowest BCUT2D eigenvalue weighted by molar-refractivity contribution is -0.143. The molecule has 0 aromatic heterocycles. The summed E-state index contributed by atoms with van der Waals surface area (Å²) in [6.45, 7) is 10.2. The molecule has 3 rings (SSSR count). The minimum absolute atomic E-state index is 0.225. The minimum Gasteiger partial charge on any atom is -0.489 e. The maximum Gasteiger partial charge on any atom is 0.408 e. The van der Waals surface area contributed by atoms with Crippen LogP contribution in [0.15, 0.2) is 82.6 Å². The van der Waals surface area contributed by atoms with Crippen molar-refractivity contribution in [3.63, 3.8) is 0 Å². The molecule has 0 saturated heterocycles. The molecule has 1 N–H and O–H groups in total. The first-order valence-corrected chi connectivity index (χ1v) is 16.1. The molecule has 1 unspecified atom stereocenters. The van der Waals surface area contributed by atoms with Crippen LogP contribution in [0, 0.1) is 0 Å². The fourth-order valence-electron chi connectivity index (χ4n) is 4.70. The molecular weight excluding hydrogens is 582 g/mol. The Hall–Kier alpha value is -3.16. The van der Waals surface area contributed by atoms with E-state index < -0.39 is 17.2 Å². The lowest BCUT2D eigenvalue weighted by Crippen LogP contribution is -2.50. The molecule has 0 saturated carbocycles. The SMILES string of the molecule is CCOC(=O)CCC(CC)(CCCc1ccc(Sc2cccc(OCc3ccccc3)c2)cc1Cl)NC(=O)OC(C)(C)C. The summed E-state index contributed by atoms with van der Waals surface area (Å²) in [6, 6.07) is 24.3. The molecular formula is C35H44ClNO5S. The van der Waals surface area contributed by atoms with Gasteiger partial charge in [0.2, 0.25) is 0 Å². The fraction of sp³-hybridized carbons (Fsp3) is 0.429. The number of hydrogen-bond donors (Lipinski definition) is 1. The fourth-order valence-corrected chi connectivity index (χ4v) is 5.95. The predicted octanol–water partition coefficient (Wildman–Crippen LogP) is 9.41. The van der Waals surface area contributed by atoms with Crippen molar-refractivity contribution in [2.45, 2.75) is 101 Å². The van der Waals surface area contributed by atoms with Crippen LogP contribution in [0.2, 0.25) is 5.02 Å². The van der Waals surface area contributed by atoms with E-state index >= 15 is 0 Å². The number of amides is 1. The minimum atomic E-state index is -0.617. The lowest BCUT2D eigenvalue weighted by Gasteiger charge is -2.35. The third-order valence-corrected chi connectivity index (χ3v) is 8.30. The number of esters is 1. The molecule has 0 heterocycles. The number of benzene rings is 3. The van der Waals surface area contributed by atoms with Crippen molar-refractivity contribution < 1.29 is 23.8 Å². The second kappa shape index (κ2) is 16.6. The van der Waals surface area contributed by atoms with Crippen molar-refractivity contribution in [3.05, 3.63) is 88.9 Å². The van der Waals surface area contributed by atoms with Gasteiger partial charge in [-0.1, -0.05) is 72.8 Å². The quantitative estimate of drug-likeness (QED) is 0.170. The Bertz CT molecular complexity index is 1330. The zero-order chi connectivity index (χ0) is 31.3. The van der Waals surface area contributed by atoms with Gasteiger partial charge in [0.15, 0.2) is 0 Å². The molecule has 232 valence electrons. The van der Waals surface area contributed by atoms with Crippen LogP contribution in [0.3, 0.4) is 0 Å². The van der Waals surface area contributed by atoms with Crippen LogP contribution in [-0.2, 0) is 27.3 Å². The average Bonchev–Trinajstić information content (AvgIpc) is 2.96. The van der Waals surface area contributed by atoms with Gasteiger partial charge in [0.1, 0.15) is 18.0 Å². The van der Waals surface area contributed by atoms with E-state index in [1.807, 2.05) is 82.3 Å². The summed E-state index contributed by atoms with van der Waals surface area (Å²) in [7, 11) is 0. The molecule has 8 heteroatoms. The van der Waals surface area contributed by atoms with Gasteiger partial charge in [0.25, 0.3) is 0 Å². The van der Waals surface area contributed by atoms with E-state index in [9.17, 15) is 9.59 Å². The number of carbonyl (C=O) groups is 2. The average molecular weight is 626 g/mol. The molecule has 43 heavy (non-hydrogen) atoms. The Kier molecular flexibility index (Phi) is 13.3. The number of nitrogens with one attached hydrogen (secondary N) is 1. The van der Waals surface area contributed by atoms with Gasteiger partial charge in [-0.05, 0) is 101 Å². The van der Waals surface area contributed by atoms with Crippen molar-refractivity contribution >= 4 is 35.4 Å². The van der Waals surface area contributed by atoms with E-state index in [4.69, 9.17) is 25.8 Å². The molecule has 0 aliphatic carbocycles. The first-order valence-electron chi connectivity index (χ1n) is 14.9. The van der Waals surface area contributed by atoms with Crippen LogP contribution in [-0.4, -0.2) is 29.8 Å². The first kappa shape index (κ1) is 34.3. The number of aryl methyl sites for hydroxylation is 1. The summed E-state index contributed by atoms with van der Waals surface area (Å²) in [5, 5.41) is 3.78. The van der Waals surface area contributed by atoms with Gasteiger partial charge in [0, 0.05) is 26.8 Å². The highest BCUT2D eigenvalue weighted by molar-refractivity contribution is 7.99. The van der Waals surface area contributed by atoms with Crippen molar-refractivity contribution in [1.29, 1.82) is 0 Å². The summed E-state index contributed by atoms with van der Waals surface area (Å²) < 4.78 is 16.7. The number of alkyl carbamates (subject to hydrolysis) is 1. The third kappa shape index (κ3) is 12.2. The highest BCUT2D eigenvalue weighted by atomic mass is 35.5. The Morgan fingerprint density at radius 2 is 1.65 bits per heavy atom. The highest BCUT2D eigenvalue weighted by Gasteiger charge is 2.32. The lowest BCUT2D eigenvalue weighted by atomic mass is 9.84. The van der Waals surface area contributed by atoms with Crippen LogP contribution in [0.1, 0.15) is 77.8 Å². The number of carbonyl (C=O) groups excluding carboxylic acids is 2. The molecule has 3 aromatic carbocycles. The zero-order valence-corrected chi connectivity index (χ0v) is 27.5. The Morgan fingerprint density at radius 3 is 2.33 bits per heavy atom. The number of hydrogen-bond acceptors (Lipinski definition) is 6. The molecule has 0 radical (unpaired) electrons. The molecule has 0 fully saturated rings. The number of rotatable bonds is 15. The smallest absolute Gasteiger partial charge is 0.408 e. The van der Waals surface area contributed by atoms with Crippen LogP contribution < -0.4 is 10.1 Å². The Morgan fingerprint density at radius 1 is 0.907 bits per heavy atom. The molecule has 1 amide bonds. The van der Waals surface area contributed by atoms with Crippen LogP contribution in [0.5, 0.6) is 5.75 Å². The predicted molar refractivity (Wildman–Crippen MR) is 174 cm³/mol. The van der Waals surface area contributed by atoms with E-state index in [-0.39, 0.29) is 12.4 Å². The van der Waals surface area contributed by atoms with Gasteiger partial charge < -0.3 is 19.5 Å². The zero-order valence-electron chi connectivity index (χ0n) is 25.9. The summed E-state index contributed by atoms with van der Waals surface area (Å²) in [5.41, 5.74) is 0.955. The Labute approximate surface area is 265 Å². The largest absolute Gasteiger partial charge is 0.489 e. The molecule has 0 aliphatic rings. The van der Waals surface area contributed by atoms with Crippen molar-refractivity contribution in [3.8, 4) is 5.75 Å². The van der Waals surface area contributed by atoms with E-state index in [0.29, 0.717) is 37.5 Å². The number of halogens is 1. The summed E-state index contributed by atoms with van der Waals surface area (Å²) in [4.78, 5) is 27.0. The molecule has 1 atom stereocenters. The number of ether oxygens (including phenoxy) is 3. The van der Waals surface area contributed by atoms with Gasteiger partial charge in [-0.3, -0.25) is 4.79 Å². The molecule has 0 bridgehead atoms. The van der Waals surface area contributed by atoms with Crippen molar-refractivity contribution in [2.24, 2.45) is 0 Å². The third-order valence-electron chi connectivity index (χ3n) is 6.97. The van der Waals surface area contributed by atoms with Crippen LogP contribution in [0.25, 0.3) is 0 Å². The maximum absolute atomic E-state index is 12.7. The monoisotopic (exact) mass is 625 g/mol. The summed E-state index contributed by atoms with van der Waals surface area (Å²) in [5.74, 6) is 0.551.